The van der Waals surface area contributed by atoms with Gasteiger partial charge in [0, 0.05) is 11.3 Å². The molecule has 2 aromatic rings. The SMILES string of the molecule is CCOC(=O)Cc1csc(NC(=O)C(C)Cc2cccc(C(F)(F)F)c2)n1. The van der Waals surface area contributed by atoms with E-state index in [0.29, 0.717) is 16.4 Å². The zero-order valence-electron chi connectivity index (χ0n) is 14.8. The van der Waals surface area contributed by atoms with Gasteiger partial charge in [-0.2, -0.15) is 13.2 Å². The molecule has 1 N–H and O–H groups in total. The number of esters is 1. The first kappa shape index (κ1) is 20.9. The predicted molar refractivity (Wildman–Crippen MR) is 95.4 cm³/mol. The van der Waals surface area contributed by atoms with Crippen molar-refractivity contribution in [1.82, 2.24) is 4.98 Å². The number of rotatable bonds is 7. The van der Waals surface area contributed by atoms with Crippen LogP contribution in [0.4, 0.5) is 18.3 Å². The smallest absolute Gasteiger partial charge is 0.416 e. The summed E-state index contributed by atoms with van der Waals surface area (Å²) < 4.78 is 43.2. The molecule has 0 aliphatic rings. The fraction of sp³-hybridized carbons (Fsp3) is 0.389. The lowest BCUT2D eigenvalue weighted by molar-refractivity contribution is -0.142. The summed E-state index contributed by atoms with van der Waals surface area (Å²) >= 11 is 1.17. The maximum Gasteiger partial charge on any atom is 0.416 e. The highest BCUT2D eigenvalue weighted by Crippen LogP contribution is 2.30. The van der Waals surface area contributed by atoms with Crippen LogP contribution in [0.25, 0.3) is 0 Å². The number of halogens is 3. The largest absolute Gasteiger partial charge is 0.466 e. The topological polar surface area (TPSA) is 68.3 Å². The molecule has 0 fully saturated rings. The number of nitrogens with zero attached hydrogens (tertiary/aromatic N) is 1. The van der Waals surface area contributed by atoms with Crippen molar-refractivity contribution < 1.29 is 27.5 Å². The molecule has 1 aromatic heterocycles. The molecule has 146 valence electrons. The third kappa shape index (κ3) is 6.35. The van der Waals surface area contributed by atoms with Crippen molar-refractivity contribution in [3.8, 4) is 0 Å². The van der Waals surface area contributed by atoms with E-state index in [9.17, 15) is 22.8 Å². The van der Waals surface area contributed by atoms with Crippen LogP contribution in [0.1, 0.15) is 30.7 Å². The number of benzene rings is 1. The molecule has 2 rings (SSSR count). The Bertz CT molecular complexity index is 805. The molecule has 5 nitrogen and oxygen atoms in total. The summed E-state index contributed by atoms with van der Waals surface area (Å²) in [6, 6.07) is 4.92. The lowest BCUT2D eigenvalue weighted by Gasteiger charge is -2.13. The van der Waals surface area contributed by atoms with Crippen molar-refractivity contribution in [2.24, 2.45) is 5.92 Å². The number of anilines is 1. The van der Waals surface area contributed by atoms with Gasteiger partial charge in [0.05, 0.1) is 24.3 Å². The monoisotopic (exact) mass is 400 g/mol. The van der Waals surface area contributed by atoms with Gasteiger partial charge in [-0.15, -0.1) is 11.3 Å². The molecule has 0 aliphatic heterocycles. The molecule has 1 heterocycles. The van der Waals surface area contributed by atoms with E-state index in [2.05, 4.69) is 10.3 Å². The number of carbonyl (C=O) groups is 2. The van der Waals surface area contributed by atoms with E-state index >= 15 is 0 Å². The van der Waals surface area contributed by atoms with Gasteiger partial charge in [0.2, 0.25) is 5.91 Å². The molecule has 0 radical (unpaired) electrons. The quantitative estimate of drug-likeness (QED) is 0.711. The van der Waals surface area contributed by atoms with Crippen LogP contribution in [-0.4, -0.2) is 23.5 Å². The highest BCUT2D eigenvalue weighted by molar-refractivity contribution is 7.13. The van der Waals surface area contributed by atoms with Gasteiger partial charge in [-0.3, -0.25) is 9.59 Å². The van der Waals surface area contributed by atoms with Gasteiger partial charge in [-0.25, -0.2) is 4.98 Å². The maximum absolute atomic E-state index is 12.8. The van der Waals surface area contributed by atoms with Gasteiger partial charge < -0.3 is 10.1 Å². The number of nitrogens with one attached hydrogen (secondary N) is 1. The normalized spacial score (nSPS) is 12.5. The summed E-state index contributed by atoms with van der Waals surface area (Å²) in [5, 5.41) is 4.60. The van der Waals surface area contributed by atoms with Crippen molar-refractivity contribution >= 4 is 28.3 Å². The zero-order chi connectivity index (χ0) is 20.0. The van der Waals surface area contributed by atoms with Crippen molar-refractivity contribution in [2.45, 2.75) is 32.9 Å². The van der Waals surface area contributed by atoms with Crippen molar-refractivity contribution in [2.75, 3.05) is 11.9 Å². The van der Waals surface area contributed by atoms with E-state index in [4.69, 9.17) is 4.74 Å². The minimum Gasteiger partial charge on any atom is -0.466 e. The molecule has 1 atom stereocenters. The van der Waals surface area contributed by atoms with Crippen molar-refractivity contribution in [3.05, 3.63) is 46.5 Å². The fourth-order valence-corrected chi connectivity index (χ4v) is 3.07. The average Bonchev–Trinajstić information content (AvgIpc) is 3.01. The Kier molecular flexibility index (Phi) is 6.95. The van der Waals surface area contributed by atoms with Gasteiger partial charge in [-0.1, -0.05) is 25.1 Å². The first-order valence-electron chi connectivity index (χ1n) is 8.26. The molecule has 0 spiro atoms. The Morgan fingerprint density at radius 3 is 2.74 bits per heavy atom. The van der Waals surface area contributed by atoms with Crippen LogP contribution in [0.3, 0.4) is 0 Å². The first-order valence-corrected chi connectivity index (χ1v) is 9.14. The summed E-state index contributed by atoms with van der Waals surface area (Å²) in [6.45, 7) is 3.61. The number of amides is 1. The van der Waals surface area contributed by atoms with Crippen LogP contribution in [0.2, 0.25) is 0 Å². The van der Waals surface area contributed by atoms with Crippen LogP contribution in [0, 0.1) is 5.92 Å². The van der Waals surface area contributed by atoms with Crippen molar-refractivity contribution in [3.63, 3.8) is 0 Å². The Hall–Kier alpha value is -2.42. The van der Waals surface area contributed by atoms with E-state index < -0.39 is 23.6 Å². The predicted octanol–water partition coefficient (Wildman–Crippen LogP) is 4.08. The van der Waals surface area contributed by atoms with Gasteiger partial charge in [-0.05, 0) is 25.0 Å². The lowest BCUT2D eigenvalue weighted by Crippen LogP contribution is -2.22. The highest BCUT2D eigenvalue weighted by Gasteiger charge is 2.30. The second-order valence-electron chi connectivity index (χ2n) is 5.92. The summed E-state index contributed by atoms with van der Waals surface area (Å²) in [6.07, 6.45) is -4.24. The fourth-order valence-electron chi connectivity index (χ4n) is 2.35. The minimum atomic E-state index is -4.42. The average molecular weight is 400 g/mol. The van der Waals surface area contributed by atoms with E-state index in [1.807, 2.05) is 0 Å². The van der Waals surface area contributed by atoms with Crippen LogP contribution in [0.15, 0.2) is 29.6 Å². The third-order valence-electron chi connectivity index (χ3n) is 3.66. The van der Waals surface area contributed by atoms with Crippen LogP contribution in [0.5, 0.6) is 0 Å². The van der Waals surface area contributed by atoms with E-state index in [0.717, 1.165) is 12.1 Å². The number of alkyl halides is 3. The Morgan fingerprint density at radius 2 is 2.07 bits per heavy atom. The Balaban J connectivity index is 1.94. The molecule has 1 unspecified atom stereocenters. The van der Waals surface area contributed by atoms with Crippen LogP contribution in [-0.2, 0) is 33.3 Å². The van der Waals surface area contributed by atoms with Crippen LogP contribution >= 0.6 is 11.3 Å². The Morgan fingerprint density at radius 1 is 1.33 bits per heavy atom. The summed E-state index contributed by atoms with van der Waals surface area (Å²) in [5.41, 5.74) is 0.171. The van der Waals surface area contributed by atoms with Gasteiger partial charge in [0.25, 0.3) is 0 Å². The molecule has 0 bridgehead atoms. The molecular weight excluding hydrogens is 381 g/mol. The zero-order valence-corrected chi connectivity index (χ0v) is 15.6. The summed E-state index contributed by atoms with van der Waals surface area (Å²) in [7, 11) is 0. The summed E-state index contributed by atoms with van der Waals surface area (Å²) in [4.78, 5) is 27.8. The minimum absolute atomic E-state index is 0.0139. The number of hydrogen-bond acceptors (Lipinski definition) is 5. The summed E-state index contributed by atoms with van der Waals surface area (Å²) in [5.74, 6) is -1.31. The first-order chi connectivity index (χ1) is 12.7. The molecule has 0 saturated carbocycles. The van der Waals surface area contributed by atoms with E-state index in [1.54, 1.807) is 25.3 Å². The van der Waals surface area contributed by atoms with Gasteiger partial charge in [0.1, 0.15) is 0 Å². The maximum atomic E-state index is 12.8. The molecule has 0 aliphatic carbocycles. The van der Waals surface area contributed by atoms with Crippen LogP contribution < -0.4 is 5.32 Å². The number of carbonyl (C=O) groups excluding carboxylic acids is 2. The standard InChI is InChI=1S/C18H19F3N2O3S/c1-3-26-15(24)9-14-10-27-17(22-14)23-16(25)11(2)7-12-5-4-6-13(8-12)18(19,20)21/h4-6,8,10-11H,3,7,9H2,1-2H3,(H,22,23,25). The van der Waals surface area contributed by atoms with Crippen molar-refractivity contribution in [1.29, 1.82) is 0 Å². The molecule has 1 amide bonds. The Labute approximate surface area is 158 Å². The molecule has 0 saturated heterocycles. The van der Waals surface area contributed by atoms with E-state index in [-0.39, 0.29) is 25.4 Å². The molecule has 27 heavy (non-hydrogen) atoms. The van der Waals surface area contributed by atoms with E-state index in [1.165, 1.54) is 17.4 Å². The molecule has 1 aromatic carbocycles. The number of aromatic nitrogens is 1. The number of thiazole rings is 1. The lowest BCUT2D eigenvalue weighted by atomic mass is 9.99. The highest BCUT2D eigenvalue weighted by atomic mass is 32.1. The van der Waals surface area contributed by atoms with Gasteiger partial charge in [0.15, 0.2) is 5.13 Å². The molecule has 9 heteroatoms. The second kappa shape index (κ2) is 8.98. The number of ether oxygens (including phenoxy) is 1. The van der Waals surface area contributed by atoms with Gasteiger partial charge >= 0.3 is 12.1 Å². The number of hydrogen-bond donors (Lipinski definition) is 1. The third-order valence-corrected chi connectivity index (χ3v) is 4.46. The second-order valence-corrected chi connectivity index (χ2v) is 6.78. The molecular formula is C18H19F3N2O3S.